The number of carbonyl (C=O) groups is 2. The van der Waals surface area contributed by atoms with Crippen LogP contribution in [0.1, 0.15) is 10.5 Å². The Labute approximate surface area is 85.7 Å². The van der Waals surface area contributed by atoms with Gasteiger partial charge < -0.3 is 10.1 Å². The standard InChI is InChI=1S/C10H9N3O2/c14-6-4-11-10(15)8-7-12-9-3-1-2-5-13(8)9/h1-3,5-7H,4H2,(H,11,15). The van der Waals surface area contributed by atoms with E-state index < -0.39 is 0 Å². The minimum Gasteiger partial charge on any atom is -0.344 e. The molecule has 2 rings (SSSR count). The Morgan fingerprint density at radius 1 is 1.53 bits per heavy atom. The van der Waals surface area contributed by atoms with Gasteiger partial charge in [0.15, 0.2) is 0 Å². The Morgan fingerprint density at radius 2 is 2.40 bits per heavy atom. The first kappa shape index (κ1) is 9.39. The average Bonchev–Trinajstić information content (AvgIpc) is 2.69. The smallest absolute Gasteiger partial charge is 0.270 e. The summed E-state index contributed by atoms with van der Waals surface area (Å²) < 4.78 is 1.67. The lowest BCUT2D eigenvalue weighted by atomic mass is 10.4. The number of nitrogens with one attached hydrogen (secondary N) is 1. The molecular weight excluding hydrogens is 194 g/mol. The number of imidazole rings is 1. The van der Waals surface area contributed by atoms with Gasteiger partial charge in [-0.05, 0) is 12.1 Å². The van der Waals surface area contributed by atoms with Crippen molar-refractivity contribution in [2.75, 3.05) is 6.54 Å². The summed E-state index contributed by atoms with van der Waals surface area (Å²) >= 11 is 0. The molecule has 0 saturated heterocycles. The van der Waals surface area contributed by atoms with Crippen LogP contribution in [0.15, 0.2) is 30.6 Å². The van der Waals surface area contributed by atoms with Crippen molar-refractivity contribution in [2.45, 2.75) is 0 Å². The van der Waals surface area contributed by atoms with Crippen molar-refractivity contribution >= 4 is 17.8 Å². The molecule has 0 atom stereocenters. The van der Waals surface area contributed by atoms with Gasteiger partial charge in [0.05, 0.1) is 12.7 Å². The van der Waals surface area contributed by atoms with Crippen LogP contribution in [-0.2, 0) is 4.79 Å². The van der Waals surface area contributed by atoms with Crippen LogP contribution in [0.25, 0.3) is 5.65 Å². The molecule has 0 radical (unpaired) electrons. The van der Waals surface area contributed by atoms with E-state index in [9.17, 15) is 9.59 Å². The summed E-state index contributed by atoms with van der Waals surface area (Å²) in [5.74, 6) is -0.305. The summed E-state index contributed by atoms with van der Waals surface area (Å²) in [7, 11) is 0. The predicted molar refractivity (Wildman–Crippen MR) is 53.6 cm³/mol. The molecule has 2 heterocycles. The first-order chi connectivity index (χ1) is 7.33. The molecule has 2 aromatic heterocycles. The number of hydrogen-bond donors (Lipinski definition) is 1. The first-order valence-electron chi connectivity index (χ1n) is 4.47. The maximum Gasteiger partial charge on any atom is 0.270 e. The molecule has 0 fully saturated rings. The number of amides is 1. The summed E-state index contributed by atoms with van der Waals surface area (Å²) in [6.45, 7) is 0.0128. The van der Waals surface area contributed by atoms with Crippen LogP contribution < -0.4 is 5.32 Å². The number of aromatic nitrogens is 2. The van der Waals surface area contributed by atoms with Gasteiger partial charge in [-0.15, -0.1) is 0 Å². The van der Waals surface area contributed by atoms with Gasteiger partial charge in [-0.1, -0.05) is 6.07 Å². The second-order valence-corrected chi connectivity index (χ2v) is 2.95. The molecule has 2 aromatic rings. The Balaban J connectivity index is 2.35. The molecule has 15 heavy (non-hydrogen) atoms. The number of nitrogens with zero attached hydrogens (tertiary/aromatic N) is 2. The summed E-state index contributed by atoms with van der Waals surface area (Å²) in [6.07, 6.45) is 3.87. The van der Waals surface area contributed by atoms with Gasteiger partial charge in [0.25, 0.3) is 5.91 Å². The van der Waals surface area contributed by atoms with Crippen LogP contribution in [0.4, 0.5) is 0 Å². The molecule has 0 aromatic carbocycles. The fraction of sp³-hybridized carbons (Fsp3) is 0.100. The van der Waals surface area contributed by atoms with Gasteiger partial charge in [0, 0.05) is 6.20 Å². The molecule has 0 spiro atoms. The van der Waals surface area contributed by atoms with Crippen molar-refractivity contribution in [3.05, 3.63) is 36.3 Å². The highest BCUT2D eigenvalue weighted by Crippen LogP contribution is 2.05. The van der Waals surface area contributed by atoms with E-state index in [-0.39, 0.29) is 12.5 Å². The van der Waals surface area contributed by atoms with E-state index in [1.807, 2.05) is 12.1 Å². The zero-order chi connectivity index (χ0) is 10.7. The monoisotopic (exact) mass is 203 g/mol. The third-order valence-corrected chi connectivity index (χ3v) is 2.00. The molecule has 1 N–H and O–H groups in total. The van der Waals surface area contributed by atoms with Gasteiger partial charge in [0.1, 0.15) is 17.6 Å². The highest BCUT2D eigenvalue weighted by atomic mass is 16.2. The number of pyridine rings is 1. The van der Waals surface area contributed by atoms with Gasteiger partial charge in [0.2, 0.25) is 0 Å². The number of rotatable bonds is 3. The Kier molecular flexibility index (Phi) is 2.45. The molecule has 0 unspecified atom stereocenters. The van der Waals surface area contributed by atoms with E-state index in [1.54, 1.807) is 16.7 Å². The molecule has 5 nitrogen and oxygen atoms in total. The zero-order valence-corrected chi connectivity index (χ0v) is 7.88. The second-order valence-electron chi connectivity index (χ2n) is 2.95. The van der Waals surface area contributed by atoms with Crippen molar-refractivity contribution in [1.29, 1.82) is 0 Å². The average molecular weight is 203 g/mol. The van der Waals surface area contributed by atoms with Gasteiger partial charge in [-0.25, -0.2) is 4.98 Å². The zero-order valence-electron chi connectivity index (χ0n) is 7.88. The quantitative estimate of drug-likeness (QED) is 0.728. The highest BCUT2D eigenvalue weighted by Gasteiger charge is 2.10. The minimum absolute atomic E-state index is 0.0128. The van der Waals surface area contributed by atoms with Crippen LogP contribution in [0.5, 0.6) is 0 Å². The number of aldehydes is 1. The molecule has 0 saturated carbocycles. The topological polar surface area (TPSA) is 63.5 Å². The van der Waals surface area contributed by atoms with Crippen molar-refractivity contribution in [2.24, 2.45) is 0 Å². The summed E-state index contributed by atoms with van der Waals surface area (Å²) in [5, 5.41) is 2.46. The summed E-state index contributed by atoms with van der Waals surface area (Å²) in [5.41, 5.74) is 1.13. The normalized spacial score (nSPS) is 10.1. The molecular formula is C10H9N3O2. The molecule has 76 valence electrons. The SMILES string of the molecule is O=CCNC(=O)c1cnc2ccccn12. The van der Waals surface area contributed by atoms with Crippen molar-refractivity contribution in [3.63, 3.8) is 0 Å². The molecule has 0 aliphatic rings. The van der Waals surface area contributed by atoms with Gasteiger partial charge in [-0.2, -0.15) is 0 Å². The summed E-state index contributed by atoms with van der Waals surface area (Å²) in [6, 6.07) is 5.46. The van der Waals surface area contributed by atoms with E-state index in [0.717, 1.165) is 0 Å². The van der Waals surface area contributed by atoms with E-state index in [0.29, 0.717) is 17.6 Å². The third-order valence-electron chi connectivity index (χ3n) is 2.00. The molecule has 0 aliphatic carbocycles. The molecule has 0 bridgehead atoms. The predicted octanol–water partition coefficient (Wildman–Crippen LogP) is 0.263. The lowest BCUT2D eigenvalue weighted by molar-refractivity contribution is -0.107. The largest absolute Gasteiger partial charge is 0.344 e. The number of fused-ring (bicyclic) bond motifs is 1. The number of carbonyl (C=O) groups excluding carboxylic acids is 2. The fourth-order valence-corrected chi connectivity index (χ4v) is 1.33. The highest BCUT2D eigenvalue weighted by molar-refractivity contribution is 5.94. The summed E-state index contributed by atoms with van der Waals surface area (Å²) in [4.78, 5) is 25.7. The van der Waals surface area contributed by atoms with Crippen LogP contribution in [-0.4, -0.2) is 28.1 Å². The maximum absolute atomic E-state index is 11.5. The van der Waals surface area contributed by atoms with Crippen molar-refractivity contribution in [3.8, 4) is 0 Å². The van der Waals surface area contributed by atoms with Crippen LogP contribution >= 0.6 is 0 Å². The Hall–Kier alpha value is -2.17. The maximum atomic E-state index is 11.5. The third kappa shape index (κ3) is 1.71. The van der Waals surface area contributed by atoms with Crippen LogP contribution in [0.2, 0.25) is 0 Å². The minimum atomic E-state index is -0.305. The lowest BCUT2D eigenvalue weighted by Gasteiger charge is -2.00. The van der Waals surface area contributed by atoms with Crippen LogP contribution in [0, 0.1) is 0 Å². The van der Waals surface area contributed by atoms with Crippen LogP contribution in [0.3, 0.4) is 0 Å². The van der Waals surface area contributed by atoms with Crippen molar-refractivity contribution < 1.29 is 9.59 Å². The van der Waals surface area contributed by atoms with E-state index >= 15 is 0 Å². The second kappa shape index (κ2) is 3.91. The fourth-order valence-electron chi connectivity index (χ4n) is 1.33. The lowest BCUT2D eigenvalue weighted by Crippen LogP contribution is -2.26. The van der Waals surface area contributed by atoms with Gasteiger partial charge >= 0.3 is 0 Å². The molecule has 0 aliphatic heterocycles. The van der Waals surface area contributed by atoms with E-state index in [2.05, 4.69) is 10.3 Å². The van der Waals surface area contributed by atoms with Crippen molar-refractivity contribution in [1.82, 2.24) is 14.7 Å². The first-order valence-corrected chi connectivity index (χ1v) is 4.47. The Morgan fingerprint density at radius 3 is 3.20 bits per heavy atom. The van der Waals surface area contributed by atoms with E-state index in [4.69, 9.17) is 0 Å². The molecule has 5 heteroatoms. The molecule has 1 amide bonds. The van der Waals surface area contributed by atoms with E-state index in [1.165, 1.54) is 6.20 Å². The van der Waals surface area contributed by atoms with Gasteiger partial charge in [-0.3, -0.25) is 9.20 Å². The Bertz CT molecular complexity index is 504. The number of hydrogen-bond acceptors (Lipinski definition) is 3.